The van der Waals surface area contributed by atoms with E-state index >= 15 is 0 Å². The first-order valence-corrected chi connectivity index (χ1v) is 7.51. The van der Waals surface area contributed by atoms with Crippen LogP contribution < -0.4 is 5.73 Å². The molecule has 0 saturated heterocycles. The van der Waals surface area contributed by atoms with E-state index in [1.807, 2.05) is 58.9 Å². The van der Waals surface area contributed by atoms with E-state index in [0.29, 0.717) is 11.4 Å². The highest BCUT2D eigenvalue weighted by atomic mass is 16.4. The molecule has 0 aliphatic heterocycles. The molecule has 0 bridgehead atoms. The number of hydrogen-bond donors (Lipinski definition) is 2. The fourth-order valence-corrected chi connectivity index (χ4v) is 1.55. The van der Waals surface area contributed by atoms with E-state index in [4.69, 9.17) is 10.2 Å². The molecule has 22 heavy (non-hydrogen) atoms. The topological polar surface area (TPSA) is 72.3 Å². The lowest BCUT2D eigenvalue weighted by atomic mass is 10.2. The van der Waals surface area contributed by atoms with Crippen LogP contribution in [0.5, 0.6) is 5.75 Å². The van der Waals surface area contributed by atoms with Crippen LogP contribution in [0.1, 0.15) is 33.5 Å². The fraction of sp³-hybridized carbons (Fsp3) is 0.278. The van der Waals surface area contributed by atoms with Crippen molar-refractivity contribution in [2.24, 2.45) is 0 Å². The fourth-order valence-electron chi connectivity index (χ4n) is 1.55. The summed E-state index contributed by atoms with van der Waals surface area (Å²) >= 11 is 0. The Morgan fingerprint density at radius 3 is 2.14 bits per heavy atom. The van der Waals surface area contributed by atoms with Crippen LogP contribution in [0.4, 0.5) is 5.82 Å². The summed E-state index contributed by atoms with van der Waals surface area (Å²) in [7, 11) is 0. The first kappa shape index (κ1) is 19.5. The molecule has 3 N–H and O–H groups in total. The van der Waals surface area contributed by atoms with Gasteiger partial charge in [0.1, 0.15) is 11.6 Å². The van der Waals surface area contributed by atoms with Gasteiger partial charge in [-0.3, -0.25) is 0 Å². The Morgan fingerprint density at radius 1 is 1.00 bits per heavy atom. The van der Waals surface area contributed by atoms with Crippen LogP contribution in [0.15, 0.2) is 53.1 Å². The van der Waals surface area contributed by atoms with E-state index in [-0.39, 0.29) is 5.75 Å². The van der Waals surface area contributed by atoms with Crippen molar-refractivity contribution in [1.82, 2.24) is 4.98 Å². The maximum Gasteiger partial charge on any atom is 0.175 e. The highest BCUT2D eigenvalue weighted by Crippen LogP contribution is 2.26. The number of furan rings is 1. The first-order chi connectivity index (χ1) is 10.7. The Balaban J connectivity index is 0.000000348. The number of aromatic nitrogens is 1. The number of pyridine rings is 1. The monoisotopic (exact) mass is 302 g/mol. The average Bonchev–Trinajstić information content (AvgIpc) is 2.95. The molecule has 0 aliphatic rings. The molecule has 0 amide bonds. The number of aryl methyl sites for hydroxylation is 1. The van der Waals surface area contributed by atoms with Gasteiger partial charge in [-0.05, 0) is 31.2 Å². The number of phenols is 1. The Hall–Kier alpha value is -2.49. The van der Waals surface area contributed by atoms with Gasteiger partial charge >= 0.3 is 0 Å². The van der Waals surface area contributed by atoms with Gasteiger partial charge in [-0.1, -0.05) is 45.9 Å². The Kier molecular flexibility index (Phi) is 9.93. The third-order valence-corrected chi connectivity index (χ3v) is 2.33. The van der Waals surface area contributed by atoms with Crippen LogP contribution in [-0.4, -0.2) is 10.1 Å². The zero-order valence-electron chi connectivity index (χ0n) is 14.0. The standard InChI is InChI=1S/C9H8O2.C5H6N2.2C2H6/c1-6-5-7-3-2-4-8(10)9(7)11-6;6-5-3-1-2-4-7-5;2*1-2/h2-5,10H,1H3;1-4H,(H2,6,7);2*1-2H3. The summed E-state index contributed by atoms with van der Waals surface area (Å²) < 4.78 is 5.25. The van der Waals surface area contributed by atoms with Gasteiger partial charge in [0.2, 0.25) is 0 Å². The smallest absolute Gasteiger partial charge is 0.175 e. The molecule has 1 aromatic carbocycles. The number of nitrogens with two attached hydrogens (primary N) is 1. The lowest BCUT2D eigenvalue weighted by molar-refractivity contribution is 0.461. The summed E-state index contributed by atoms with van der Waals surface area (Å²) in [6.45, 7) is 9.86. The van der Waals surface area contributed by atoms with Gasteiger partial charge in [-0.25, -0.2) is 4.98 Å². The molecule has 0 aliphatic carbocycles. The van der Waals surface area contributed by atoms with Crippen LogP contribution in [0.3, 0.4) is 0 Å². The molecular formula is C18H26N2O2. The number of hydrogen-bond acceptors (Lipinski definition) is 4. The third kappa shape index (κ3) is 6.31. The quantitative estimate of drug-likeness (QED) is 0.601. The number of nitrogens with zero attached hydrogens (tertiary/aromatic N) is 1. The number of benzene rings is 1. The Bertz CT molecular complexity index is 634. The normalized spacial score (nSPS) is 8.59. The van der Waals surface area contributed by atoms with Crippen LogP contribution in [0.2, 0.25) is 0 Å². The maximum atomic E-state index is 9.29. The first-order valence-electron chi connectivity index (χ1n) is 7.51. The van der Waals surface area contributed by atoms with Crippen molar-refractivity contribution in [2.75, 3.05) is 5.73 Å². The summed E-state index contributed by atoms with van der Waals surface area (Å²) in [4.78, 5) is 3.76. The van der Waals surface area contributed by atoms with Gasteiger partial charge in [0.25, 0.3) is 0 Å². The van der Waals surface area contributed by atoms with E-state index in [0.717, 1.165) is 11.1 Å². The second kappa shape index (κ2) is 11.2. The molecule has 4 heteroatoms. The summed E-state index contributed by atoms with van der Waals surface area (Å²) in [5, 5.41) is 10.2. The lowest BCUT2D eigenvalue weighted by Gasteiger charge is -1.89. The number of phenolic OH excluding ortho intramolecular Hbond substituents is 1. The summed E-state index contributed by atoms with van der Waals surface area (Å²) in [6, 6.07) is 12.6. The Labute approximate surface area is 132 Å². The van der Waals surface area contributed by atoms with Crippen LogP contribution in [-0.2, 0) is 0 Å². The van der Waals surface area contributed by atoms with Crippen molar-refractivity contribution in [3.05, 3.63) is 54.4 Å². The number of nitrogen functional groups attached to an aromatic ring is 1. The minimum atomic E-state index is 0.204. The molecule has 3 rings (SSSR count). The van der Waals surface area contributed by atoms with Gasteiger partial charge in [0, 0.05) is 11.6 Å². The minimum absolute atomic E-state index is 0.204. The highest BCUT2D eigenvalue weighted by molar-refractivity contribution is 5.83. The van der Waals surface area contributed by atoms with E-state index < -0.39 is 0 Å². The van der Waals surface area contributed by atoms with Gasteiger partial charge < -0.3 is 15.3 Å². The van der Waals surface area contributed by atoms with Crippen molar-refractivity contribution in [2.45, 2.75) is 34.6 Å². The summed E-state index contributed by atoms with van der Waals surface area (Å²) in [6.07, 6.45) is 1.66. The van der Waals surface area contributed by atoms with Gasteiger partial charge in [-0.15, -0.1) is 0 Å². The molecule has 0 unspecified atom stereocenters. The second-order valence-electron chi connectivity index (χ2n) is 3.81. The molecule has 0 saturated carbocycles. The molecule has 0 spiro atoms. The lowest BCUT2D eigenvalue weighted by Crippen LogP contribution is -1.85. The van der Waals surface area contributed by atoms with Gasteiger partial charge in [-0.2, -0.15) is 0 Å². The predicted molar refractivity (Wildman–Crippen MR) is 94.0 cm³/mol. The molecule has 2 heterocycles. The van der Waals surface area contributed by atoms with Crippen molar-refractivity contribution < 1.29 is 9.52 Å². The van der Waals surface area contributed by atoms with Crippen molar-refractivity contribution in [3.8, 4) is 5.75 Å². The molecule has 120 valence electrons. The minimum Gasteiger partial charge on any atom is -0.504 e. The zero-order chi connectivity index (χ0) is 17.0. The van der Waals surface area contributed by atoms with Crippen molar-refractivity contribution in [3.63, 3.8) is 0 Å². The number of fused-ring (bicyclic) bond motifs is 1. The number of para-hydroxylation sites is 1. The Morgan fingerprint density at radius 2 is 1.68 bits per heavy atom. The van der Waals surface area contributed by atoms with E-state index in [1.165, 1.54) is 0 Å². The maximum absolute atomic E-state index is 9.29. The van der Waals surface area contributed by atoms with Crippen LogP contribution >= 0.6 is 0 Å². The number of anilines is 1. The van der Waals surface area contributed by atoms with E-state index in [2.05, 4.69) is 4.98 Å². The van der Waals surface area contributed by atoms with E-state index in [9.17, 15) is 5.11 Å². The molecule has 2 aromatic heterocycles. The largest absolute Gasteiger partial charge is 0.504 e. The summed E-state index contributed by atoms with van der Waals surface area (Å²) in [5.74, 6) is 1.60. The predicted octanol–water partition coefficient (Wildman–Crippen LogP) is 5.16. The molecule has 3 aromatic rings. The highest BCUT2D eigenvalue weighted by Gasteiger charge is 2.02. The van der Waals surface area contributed by atoms with E-state index in [1.54, 1.807) is 24.4 Å². The van der Waals surface area contributed by atoms with Crippen LogP contribution in [0, 0.1) is 6.92 Å². The van der Waals surface area contributed by atoms with Crippen molar-refractivity contribution >= 4 is 16.8 Å². The second-order valence-corrected chi connectivity index (χ2v) is 3.81. The van der Waals surface area contributed by atoms with Gasteiger partial charge in [0.05, 0.1) is 0 Å². The molecule has 0 radical (unpaired) electrons. The summed E-state index contributed by atoms with van der Waals surface area (Å²) in [5.41, 5.74) is 5.82. The zero-order valence-corrected chi connectivity index (χ0v) is 14.0. The number of rotatable bonds is 0. The molecular weight excluding hydrogens is 276 g/mol. The molecule has 0 atom stereocenters. The van der Waals surface area contributed by atoms with Crippen LogP contribution in [0.25, 0.3) is 11.0 Å². The molecule has 0 fully saturated rings. The third-order valence-electron chi connectivity index (χ3n) is 2.33. The SMILES string of the molecule is CC.CC.Cc1cc2cccc(O)c2o1.Nc1ccccn1. The molecule has 4 nitrogen and oxygen atoms in total. The number of aromatic hydroxyl groups is 1. The van der Waals surface area contributed by atoms with Crippen molar-refractivity contribution in [1.29, 1.82) is 0 Å². The average molecular weight is 302 g/mol. The van der Waals surface area contributed by atoms with Gasteiger partial charge in [0.15, 0.2) is 11.3 Å².